The van der Waals surface area contributed by atoms with E-state index in [1.54, 1.807) is 6.08 Å². The number of Topliss-reactive ketones (excluding diaryl/α,β-unsaturated/α-hetero) is 1. The van der Waals surface area contributed by atoms with Gasteiger partial charge in [-0.15, -0.1) is 0 Å². The van der Waals surface area contributed by atoms with E-state index in [2.05, 4.69) is 18.7 Å². The summed E-state index contributed by atoms with van der Waals surface area (Å²) < 4.78 is 3.99. The van der Waals surface area contributed by atoms with E-state index in [4.69, 9.17) is 0 Å². The molecule has 0 saturated carbocycles. The number of carbonyl (C=O) groups excluding carboxylic acids is 2. The van der Waals surface area contributed by atoms with Crippen LogP contribution >= 0.6 is 0 Å². The van der Waals surface area contributed by atoms with Gasteiger partial charge < -0.3 is 0 Å². The lowest BCUT2D eigenvalue weighted by Gasteiger charge is -2.03. The van der Waals surface area contributed by atoms with Gasteiger partial charge in [0.2, 0.25) is 11.4 Å². The highest BCUT2D eigenvalue weighted by Gasteiger charge is 2.13. The molecule has 0 spiro atoms. The maximum Gasteiger partial charge on any atom is 0.210 e. The number of hydrogen-bond acceptors (Lipinski definition) is 2. The molecule has 3 aromatic carbocycles. The molecule has 5 rings (SSSR count). The molecule has 0 radical (unpaired) electrons. The van der Waals surface area contributed by atoms with Gasteiger partial charge in [-0.05, 0) is 41.8 Å². The Morgan fingerprint density at radius 1 is 0.610 bits per heavy atom. The normalized spacial score (nSPS) is 11.6. The molecular weight excluding hydrogens is 504 g/mol. The first kappa shape index (κ1) is 27.1. The highest BCUT2D eigenvalue weighted by atomic mass is 16.1. The topological polar surface area (TPSA) is 41.9 Å². The number of hydrogen-bond donors (Lipinski definition) is 0. The van der Waals surface area contributed by atoms with E-state index in [0.717, 1.165) is 22.5 Å². The first-order chi connectivity index (χ1) is 20.0. The Morgan fingerprint density at radius 3 is 1.68 bits per heavy atom. The zero-order valence-corrected chi connectivity index (χ0v) is 22.9. The Labute approximate surface area is 240 Å². The van der Waals surface area contributed by atoms with Crippen molar-refractivity contribution in [3.05, 3.63) is 181 Å². The van der Waals surface area contributed by atoms with Crippen LogP contribution in [0.1, 0.15) is 33.2 Å². The smallest absolute Gasteiger partial charge is 0.210 e. The van der Waals surface area contributed by atoms with Gasteiger partial charge in [-0.2, -0.15) is 9.13 Å². The Kier molecular flexibility index (Phi) is 8.32. The maximum atomic E-state index is 12.7. The third-order valence-corrected chi connectivity index (χ3v) is 6.86. The van der Waals surface area contributed by atoms with E-state index in [9.17, 15) is 9.59 Å². The second-order valence-electron chi connectivity index (χ2n) is 9.57. The van der Waals surface area contributed by atoms with Gasteiger partial charge in [0.25, 0.3) is 0 Å². The van der Waals surface area contributed by atoms with Crippen LogP contribution in [0, 0.1) is 0 Å². The number of nitrogens with zero attached hydrogens (tertiary/aromatic N) is 2. The van der Waals surface area contributed by atoms with Crippen molar-refractivity contribution in [3.8, 4) is 16.8 Å². The van der Waals surface area contributed by atoms with Crippen LogP contribution in [0.2, 0.25) is 0 Å². The van der Waals surface area contributed by atoms with E-state index in [-0.39, 0.29) is 11.6 Å². The molecule has 41 heavy (non-hydrogen) atoms. The Balaban J connectivity index is 1.28. The van der Waals surface area contributed by atoms with Crippen molar-refractivity contribution in [3.63, 3.8) is 0 Å². The van der Waals surface area contributed by atoms with Crippen molar-refractivity contribution in [2.24, 2.45) is 0 Å². The third kappa shape index (κ3) is 6.40. The monoisotopic (exact) mass is 534 g/mol. The summed E-state index contributed by atoms with van der Waals surface area (Å²) in [6.45, 7) is 5.76. The molecular formula is C37H30N2O2+2. The van der Waals surface area contributed by atoms with Gasteiger partial charge in [-0.1, -0.05) is 67.2 Å². The summed E-state index contributed by atoms with van der Waals surface area (Å²) in [6.07, 6.45) is 13.5. The van der Waals surface area contributed by atoms with E-state index < -0.39 is 0 Å². The lowest BCUT2D eigenvalue weighted by Crippen LogP contribution is -2.30. The Morgan fingerprint density at radius 2 is 1.12 bits per heavy atom. The summed E-state index contributed by atoms with van der Waals surface area (Å²) in [7, 11) is 0. The van der Waals surface area contributed by atoms with Gasteiger partial charge in [0.15, 0.2) is 36.4 Å². The lowest BCUT2D eigenvalue weighted by molar-refractivity contribution is -0.595. The fourth-order valence-electron chi connectivity index (χ4n) is 4.49. The van der Waals surface area contributed by atoms with Gasteiger partial charge in [-0.3, -0.25) is 9.59 Å². The van der Waals surface area contributed by atoms with Crippen molar-refractivity contribution >= 4 is 17.3 Å². The van der Waals surface area contributed by atoms with Crippen LogP contribution in [0.4, 0.5) is 0 Å². The number of rotatable bonds is 9. The van der Waals surface area contributed by atoms with Crippen LogP contribution in [-0.4, -0.2) is 11.6 Å². The number of pyridine rings is 2. The summed E-state index contributed by atoms with van der Waals surface area (Å²) in [6, 6.07) is 34.4. The van der Waals surface area contributed by atoms with Gasteiger partial charge in [0, 0.05) is 65.2 Å². The predicted molar refractivity (Wildman–Crippen MR) is 162 cm³/mol. The van der Waals surface area contributed by atoms with Crippen LogP contribution < -0.4 is 9.13 Å². The average Bonchev–Trinajstić information content (AvgIpc) is 3.05. The molecule has 0 amide bonds. The van der Waals surface area contributed by atoms with Crippen molar-refractivity contribution in [1.82, 2.24) is 0 Å². The van der Waals surface area contributed by atoms with Crippen LogP contribution in [0.15, 0.2) is 164 Å². The molecule has 0 atom stereocenters. The molecule has 0 unspecified atom stereocenters. The highest BCUT2D eigenvalue weighted by Crippen LogP contribution is 2.17. The molecule has 0 N–H and O–H groups in total. The Bertz CT molecular complexity index is 1730. The molecule has 0 aliphatic carbocycles. The molecule has 0 saturated heterocycles. The highest BCUT2D eigenvalue weighted by molar-refractivity contribution is 6.09. The van der Waals surface area contributed by atoms with E-state index in [0.29, 0.717) is 22.3 Å². The number of allylic oxidation sites excluding steroid dienone is 5. The predicted octanol–water partition coefficient (Wildman–Crippen LogP) is 7.00. The van der Waals surface area contributed by atoms with Gasteiger partial charge in [-0.25, -0.2) is 0 Å². The first-order valence-electron chi connectivity index (χ1n) is 13.4. The third-order valence-electron chi connectivity index (χ3n) is 6.86. The summed E-state index contributed by atoms with van der Waals surface area (Å²) >= 11 is 0. The number of ketones is 2. The second kappa shape index (κ2) is 12.6. The van der Waals surface area contributed by atoms with E-state index in [1.165, 1.54) is 0 Å². The fraction of sp³-hybridized carbons (Fsp3) is 0.0270. The SMILES string of the molecule is C=C/C(=C\C=C(/C)C(=O)c1ccccc1)[n+]1ccc(-c2cc[n+](-c3ccc(C(=O)c4ccccc4)cc3)cc2)cc1. The average molecular weight is 535 g/mol. The molecule has 0 bridgehead atoms. The molecule has 5 aromatic rings. The quantitative estimate of drug-likeness (QED) is 0.0884. The summed E-state index contributed by atoms with van der Waals surface area (Å²) in [4.78, 5) is 25.3. The minimum Gasteiger partial charge on any atom is -0.289 e. The molecule has 2 heterocycles. The van der Waals surface area contributed by atoms with Crippen LogP contribution in [-0.2, 0) is 0 Å². The van der Waals surface area contributed by atoms with Crippen LogP contribution in [0.25, 0.3) is 22.5 Å². The molecule has 0 fully saturated rings. The van der Waals surface area contributed by atoms with Crippen molar-refractivity contribution in [2.75, 3.05) is 0 Å². The zero-order valence-electron chi connectivity index (χ0n) is 22.9. The second-order valence-corrected chi connectivity index (χ2v) is 9.57. The van der Waals surface area contributed by atoms with Gasteiger partial charge >= 0.3 is 0 Å². The van der Waals surface area contributed by atoms with Crippen LogP contribution in [0.5, 0.6) is 0 Å². The maximum absolute atomic E-state index is 12.7. The molecule has 0 aliphatic rings. The minimum atomic E-state index is 0.00328. The van der Waals surface area contributed by atoms with E-state index in [1.807, 2.05) is 150 Å². The van der Waals surface area contributed by atoms with Crippen LogP contribution in [0.3, 0.4) is 0 Å². The largest absolute Gasteiger partial charge is 0.289 e. The number of carbonyl (C=O) groups is 2. The lowest BCUT2D eigenvalue weighted by atomic mass is 10.0. The molecule has 2 aromatic heterocycles. The fourth-order valence-corrected chi connectivity index (χ4v) is 4.49. The molecule has 4 heteroatoms. The summed E-state index contributed by atoms with van der Waals surface area (Å²) in [5.41, 5.74) is 6.66. The minimum absolute atomic E-state index is 0.00328. The first-order valence-corrected chi connectivity index (χ1v) is 13.4. The van der Waals surface area contributed by atoms with E-state index >= 15 is 0 Å². The van der Waals surface area contributed by atoms with Crippen molar-refractivity contribution < 1.29 is 18.7 Å². The van der Waals surface area contributed by atoms with Crippen molar-refractivity contribution in [1.29, 1.82) is 0 Å². The summed E-state index contributed by atoms with van der Waals surface area (Å²) in [5, 5.41) is 0. The molecule has 0 aliphatic heterocycles. The number of aromatic nitrogens is 2. The van der Waals surface area contributed by atoms with Gasteiger partial charge in [0.1, 0.15) is 0 Å². The molecule has 198 valence electrons. The van der Waals surface area contributed by atoms with Crippen molar-refractivity contribution in [2.45, 2.75) is 6.92 Å². The number of benzene rings is 3. The standard InChI is InChI=1S/C37H30N2O2/c1-3-34(17-14-28(2)36(40)31-10-6-4-7-11-31)38-24-20-29(21-25-38)30-22-26-39(27-23-30)35-18-15-33(16-19-35)37(41)32-12-8-5-9-13-32/h3-27H,1H2,2H3/q+2/b28-14+,34-17+. The summed E-state index contributed by atoms with van der Waals surface area (Å²) in [5.74, 6) is 0.0173. The van der Waals surface area contributed by atoms with Gasteiger partial charge in [0.05, 0.1) is 0 Å². The Hall–Kier alpha value is -5.48. The zero-order chi connectivity index (χ0) is 28.6. The molecule has 4 nitrogen and oxygen atoms in total.